The van der Waals surface area contributed by atoms with Gasteiger partial charge in [-0.15, -0.1) is 6.58 Å². The van der Waals surface area contributed by atoms with E-state index in [1.165, 1.54) is 0 Å². The summed E-state index contributed by atoms with van der Waals surface area (Å²) in [6, 6.07) is 7.20. The molecular formula is C18H24N2O3. The highest BCUT2D eigenvalue weighted by Crippen LogP contribution is 2.42. The second kappa shape index (κ2) is 7.31. The van der Waals surface area contributed by atoms with Gasteiger partial charge in [-0.2, -0.15) is 0 Å². The molecule has 1 aliphatic rings. The molecule has 0 saturated carbocycles. The zero-order valence-electron chi connectivity index (χ0n) is 13.7. The number of aliphatic carboxylic acids is 1. The zero-order valence-corrected chi connectivity index (χ0v) is 13.7. The standard InChI is InChI=1S/C18H24N2O3/c1-4-6-11-18(17(21)22)16(20(12-5-2)13-19-18)14-7-9-15(23-3)10-8-14/h5,7-10,13,16H,2,4,6,11-12H2,1,3H3,(H,21,22). The molecule has 0 aliphatic carbocycles. The lowest BCUT2D eigenvalue weighted by molar-refractivity contribution is -0.145. The van der Waals surface area contributed by atoms with Crippen LogP contribution in [0, 0.1) is 0 Å². The summed E-state index contributed by atoms with van der Waals surface area (Å²) in [6.07, 6.45) is 5.68. The molecule has 1 aromatic carbocycles. The third-order valence-corrected chi connectivity index (χ3v) is 4.27. The second-order valence-electron chi connectivity index (χ2n) is 5.74. The van der Waals surface area contributed by atoms with Crippen molar-refractivity contribution >= 4 is 12.3 Å². The number of rotatable bonds is 8. The van der Waals surface area contributed by atoms with Crippen molar-refractivity contribution < 1.29 is 14.6 Å². The fourth-order valence-corrected chi connectivity index (χ4v) is 3.07. The predicted molar refractivity (Wildman–Crippen MR) is 91.0 cm³/mol. The van der Waals surface area contributed by atoms with Crippen LogP contribution in [0.3, 0.4) is 0 Å². The Morgan fingerprint density at radius 3 is 2.70 bits per heavy atom. The van der Waals surface area contributed by atoms with Gasteiger partial charge in [0.2, 0.25) is 0 Å². The lowest BCUT2D eigenvalue weighted by Crippen LogP contribution is -2.45. The van der Waals surface area contributed by atoms with E-state index < -0.39 is 11.5 Å². The highest BCUT2D eigenvalue weighted by molar-refractivity contribution is 5.85. The molecule has 1 heterocycles. The van der Waals surface area contributed by atoms with E-state index in [1.54, 1.807) is 19.5 Å². The van der Waals surface area contributed by atoms with E-state index in [2.05, 4.69) is 18.5 Å². The van der Waals surface area contributed by atoms with Crippen LogP contribution in [0.4, 0.5) is 0 Å². The van der Waals surface area contributed by atoms with E-state index in [0.29, 0.717) is 13.0 Å². The molecule has 0 aromatic heterocycles. The Bertz CT molecular complexity index is 582. The van der Waals surface area contributed by atoms with Crippen LogP contribution in [0.1, 0.15) is 37.8 Å². The Morgan fingerprint density at radius 2 is 2.17 bits per heavy atom. The van der Waals surface area contributed by atoms with E-state index >= 15 is 0 Å². The molecule has 0 saturated heterocycles. The Kier molecular flexibility index (Phi) is 5.42. The van der Waals surface area contributed by atoms with Crippen molar-refractivity contribution in [3.63, 3.8) is 0 Å². The van der Waals surface area contributed by atoms with Crippen LogP contribution in [-0.2, 0) is 4.79 Å². The van der Waals surface area contributed by atoms with Gasteiger partial charge in [0.05, 0.1) is 19.5 Å². The van der Waals surface area contributed by atoms with Crippen molar-refractivity contribution in [3.8, 4) is 5.75 Å². The number of ether oxygens (including phenoxy) is 1. The molecule has 0 fully saturated rings. The SMILES string of the molecule is C=CCN1C=NC(CCCC)(C(=O)O)C1c1ccc(OC)cc1. The van der Waals surface area contributed by atoms with Crippen molar-refractivity contribution in [1.29, 1.82) is 0 Å². The number of aliphatic imine (C=N–C) groups is 1. The number of benzene rings is 1. The molecule has 0 amide bonds. The number of nitrogens with zero attached hydrogens (tertiary/aromatic N) is 2. The third-order valence-electron chi connectivity index (χ3n) is 4.27. The molecule has 5 nitrogen and oxygen atoms in total. The second-order valence-corrected chi connectivity index (χ2v) is 5.74. The third kappa shape index (κ3) is 3.23. The quantitative estimate of drug-likeness (QED) is 0.748. The molecule has 2 atom stereocenters. The lowest BCUT2D eigenvalue weighted by Gasteiger charge is -2.34. The monoisotopic (exact) mass is 316 g/mol. The molecular weight excluding hydrogens is 292 g/mol. The van der Waals surface area contributed by atoms with E-state index in [9.17, 15) is 9.90 Å². The first-order chi connectivity index (χ1) is 11.1. The number of carbonyl (C=O) groups is 1. The first-order valence-corrected chi connectivity index (χ1v) is 7.88. The van der Waals surface area contributed by atoms with Gasteiger partial charge in [-0.1, -0.05) is 38.0 Å². The normalized spacial score (nSPS) is 23.0. The van der Waals surface area contributed by atoms with Gasteiger partial charge in [0.15, 0.2) is 5.54 Å². The van der Waals surface area contributed by atoms with Crippen LogP contribution in [0.5, 0.6) is 5.75 Å². The lowest BCUT2D eigenvalue weighted by atomic mass is 9.81. The minimum absolute atomic E-state index is 0.338. The largest absolute Gasteiger partial charge is 0.497 e. The summed E-state index contributed by atoms with van der Waals surface area (Å²) in [5.41, 5.74) is -0.225. The molecule has 1 aromatic rings. The summed E-state index contributed by atoms with van der Waals surface area (Å²) in [6.45, 7) is 6.37. The molecule has 2 unspecified atom stereocenters. The fourth-order valence-electron chi connectivity index (χ4n) is 3.07. The predicted octanol–water partition coefficient (Wildman–Crippen LogP) is 3.28. The Balaban J connectivity index is 2.44. The van der Waals surface area contributed by atoms with Gasteiger partial charge < -0.3 is 14.7 Å². The van der Waals surface area contributed by atoms with Crippen molar-refractivity contribution in [1.82, 2.24) is 4.90 Å². The number of carboxylic acids is 1. The molecule has 2 rings (SSSR count). The minimum Gasteiger partial charge on any atom is -0.497 e. The van der Waals surface area contributed by atoms with Crippen LogP contribution in [0.25, 0.3) is 0 Å². The van der Waals surface area contributed by atoms with Gasteiger partial charge in [-0.25, -0.2) is 4.79 Å². The van der Waals surface area contributed by atoms with Crippen LogP contribution in [-0.4, -0.2) is 41.5 Å². The molecule has 1 aliphatic heterocycles. The van der Waals surface area contributed by atoms with E-state index in [0.717, 1.165) is 24.2 Å². The Morgan fingerprint density at radius 1 is 1.48 bits per heavy atom. The maximum Gasteiger partial charge on any atom is 0.334 e. The summed E-state index contributed by atoms with van der Waals surface area (Å²) in [7, 11) is 1.61. The number of hydrogen-bond donors (Lipinski definition) is 1. The van der Waals surface area contributed by atoms with Crippen LogP contribution in [0.15, 0.2) is 41.9 Å². The number of methoxy groups -OCH3 is 1. The van der Waals surface area contributed by atoms with Gasteiger partial charge >= 0.3 is 5.97 Å². The maximum atomic E-state index is 12.1. The summed E-state index contributed by atoms with van der Waals surface area (Å²) in [5, 5.41) is 9.92. The molecule has 0 bridgehead atoms. The van der Waals surface area contributed by atoms with Gasteiger partial charge in [0, 0.05) is 6.54 Å². The Hall–Kier alpha value is -2.30. The van der Waals surface area contributed by atoms with Crippen LogP contribution < -0.4 is 4.74 Å². The molecule has 1 N–H and O–H groups in total. The average Bonchev–Trinajstić information content (AvgIpc) is 2.93. The summed E-state index contributed by atoms with van der Waals surface area (Å²) in [5.74, 6) is -0.132. The smallest absolute Gasteiger partial charge is 0.334 e. The summed E-state index contributed by atoms with van der Waals surface area (Å²) < 4.78 is 5.19. The number of unbranched alkanes of at least 4 members (excludes halogenated alkanes) is 1. The first-order valence-electron chi connectivity index (χ1n) is 7.88. The topological polar surface area (TPSA) is 62.1 Å². The highest BCUT2D eigenvalue weighted by atomic mass is 16.5. The molecule has 124 valence electrons. The Labute approximate surface area is 137 Å². The van der Waals surface area contributed by atoms with Crippen molar-refractivity contribution in [2.24, 2.45) is 4.99 Å². The average molecular weight is 316 g/mol. The van der Waals surface area contributed by atoms with Crippen LogP contribution in [0.2, 0.25) is 0 Å². The maximum absolute atomic E-state index is 12.1. The van der Waals surface area contributed by atoms with Crippen molar-refractivity contribution in [3.05, 3.63) is 42.5 Å². The van der Waals surface area contributed by atoms with Gasteiger partial charge in [-0.3, -0.25) is 4.99 Å². The van der Waals surface area contributed by atoms with Crippen LogP contribution >= 0.6 is 0 Å². The van der Waals surface area contributed by atoms with Gasteiger partial charge in [0.25, 0.3) is 0 Å². The highest BCUT2D eigenvalue weighted by Gasteiger charge is 2.51. The minimum atomic E-state index is -1.15. The molecule has 0 radical (unpaired) electrons. The summed E-state index contributed by atoms with van der Waals surface area (Å²) >= 11 is 0. The number of hydrogen-bond acceptors (Lipinski definition) is 4. The van der Waals surface area contributed by atoms with Gasteiger partial charge in [-0.05, 0) is 24.1 Å². The molecule has 0 spiro atoms. The first kappa shape index (κ1) is 17.1. The zero-order chi connectivity index (χ0) is 16.9. The summed E-state index contributed by atoms with van der Waals surface area (Å²) in [4.78, 5) is 18.5. The van der Waals surface area contributed by atoms with E-state index in [4.69, 9.17) is 4.74 Å². The molecule has 5 heteroatoms. The van der Waals surface area contributed by atoms with Gasteiger partial charge in [0.1, 0.15) is 5.75 Å². The van der Waals surface area contributed by atoms with E-state index in [1.807, 2.05) is 29.2 Å². The molecule has 23 heavy (non-hydrogen) atoms. The van der Waals surface area contributed by atoms with Crippen molar-refractivity contribution in [2.75, 3.05) is 13.7 Å². The number of carboxylic acid groups (broad SMARTS) is 1. The fraction of sp³-hybridized carbons (Fsp3) is 0.444. The van der Waals surface area contributed by atoms with Crippen molar-refractivity contribution in [2.45, 2.75) is 37.8 Å². The van der Waals surface area contributed by atoms with E-state index in [-0.39, 0.29) is 6.04 Å².